The minimum Gasteiger partial charge on any atom is -0.378 e. The molecule has 116 valence electrons. The topological polar surface area (TPSA) is 119 Å². The maximum atomic E-state index is 13.3. The summed E-state index contributed by atoms with van der Waals surface area (Å²) in [6, 6.07) is 4.70. The Balaban J connectivity index is 3.16. The van der Waals surface area contributed by atoms with Crippen molar-refractivity contribution in [1.82, 2.24) is 0 Å². The number of nitriles is 1. The van der Waals surface area contributed by atoms with E-state index in [0.29, 0.717) is 5.01 Å². The van der Waals surface area contributed by atoms with Gasteiger partial charge in [-0.3, -0.25) is 5.41 Å². The highest BCUT2D eigenvalue weighted by Crippen LogP contribution is 2.30. The van der Waals surface area contributed by atoms with Crippen molar-refractivity contribution in [3.05, 3.63) is 28.9 Å². The molecule has 0 aliphatic heterocycles. The van der Waals surface area contributed by atoms with Crippen LogP contribution in [-0.4, -0.2) is 23.2 Å². The molecule has 0 spiro atoms. The predicted molar refractivity (Wildman–Crippen MR) is 77.8 cm³/mol. The third-order valence-corrected chi connectivity index (χ3v) is 2.88. The molecule has 11 heteroatoms. The van der Waals surface area contributed by atoms with Crippen molar-refractivity contribution < 1.29 is 13.2 Å². The van der Waals surface area contributed by atoms with E-state index in [9.17, 15) is 18.1 Å². The summed E-state index contributed by atoms with van der Waals surface area (Å²) in [7, 11) is 0. The summed E-state index contributed by atoms with van der Waals surface area (Å²) >= 11 is 0.223. The zero-order chi connectivity index (χ0) is 16.7. The van der Waals surface area contributed by atoms with Gasteiger partial charge in [-0.1, -0.05) is 0 Å². The molecule has 3 N–H and O–H groups in total. The van der Waals surface area contributed by atoms with Crippen molar-refractivity contribution in [2.75, 3.05) is 11.6 Å². The SMILES string of the molecule is N#CCN(N=O)c1cc(F)ccc1N=C(N)SC(=N)C(F)F. The van der Waals surface area contributed by atoms with Crippen LogP contribution in [0.5, 0.6) is 0 Å². The van der Waals surface area contributed by atoms with Gasteiger partial charge in [0.15, 0.2) is 5.17 Å². The van der Waals surface area contributed by atoms with Gasteiger partial charge in [0.2, 0.25) is 0 Å². The fourth-order valence-corrected chi connectivity index (χ4v) is 1.78. The van der Waals surface area contributed by atoms with Crippen molar-refractivity contribution in [1.29, 1.82) is 10.7 Å². The minimum absolute atomic E-state index is 0.0525. The van der Waals surface area contributed by atoms with Gasteiger partial charge in [-0.2, -0.15) is 5.26 Å². The number of amidine groups is 1. The Labute approximate surface area is 127 Å². The normalized spacial score (nSPS) is 11.1. The van der Waals surface area contributed by atoms with E-state index in [2.05, 4.69) is 10.3 Å². The molecule has 0 fully saturated rings. The number of halogens is 3. The summed E-state index contributed by atoms with van der Waals surface area (Å²) in [6.45, 7) is -0.463. The van der Waals surface area contributed by atoms with Crippen LogP contribution in [-0.2, 0) is 0 Å². The summed E-state index contributed by atoms with van der Waals surface area (Å²) < 4.78 is 37.7. The van der Waals surface area contributed by atoms with Crippen LogP contribution in [0.25, 0.3) is 0 Å². The molecule has 0 bridgehead atoms. The van der Waals surface area contributed by atoms with Crippen molar-refractivity contribution >= 4 is 33.3 Å². The summed E-state index contributed by atoms with van der Waals surface area (Å²) in [4.78, 5) is 14.4. The molecule has 0 radical (unpaired) electrons. The van der Waals surface area contributed by atoms with E-state index in [0.717, 1.165) is 18.2 Å². The summed E-state index contributed by atoms with van der Waals surface area (Å²) in [5.41, 5.74) is 5.22. The molecule has 0 aromatic heterocycles. The highest BCUT2D eigenvalue weighted by Gasteiger charge is 2.16. The number of rotatable bonds is 5. The summed E-state index contributed by atoms with van der Waals surface area (Å²) in [6.07, 6.45) is -3.00. The van der Waals surface area contributed by atoms with E-state index < -0.39 is 29.0 Å². The molecule has 0 unspecified atom stereocenters. The lowest BCUT2D eigenvalue weighted by Crippen LogP contribution is -2.17. The number of nitroso groups, excluding NO2 is 1. The van der Waals surface area contributed by atoms with Gasteiger partial charge in [0.25, 0.3) is 6.43 Å². The van der Waals surface area contributed by atoms with Crippen LogP contribution in [0.2, 0.25) is 0 Å². The van der Waals surface area contributed by atoms with Gasteiger partial charge in [0, 0.05) is 6.07 Å². The van der Waals surface area contributed by atoms with Gasteiger partial charge in [-0.25, -0.2) is 23.2 Å². The molecule has 1 aromatic rings. The lowest BCUT2D eigenvalue weighted by molar-refractivity contribution is 0.228. The van der Waals surface area contributed by atoms with Gasteiger partial charge < -0.3 is 5.73 Å². The molecular formula is C11H9F3N6OS. The molecule has 0 amide bonds. The first-order valence-electron chi connectivity index (χ1n) is 5.55. The van der Waals surface area contributed by atoms with Gasteiger partial charge in [-0.05, 0) is 23.9 Å². The fraction of sp³-hybridized carbons (Fsp3) is 0.182. The molecule has 0 saturated carbocycles. The zero-order valence-corrected chi connectivity index (χ0v) is 11.6. The maximum Gasteiger partial charge on any atom is 0.286 e. The van der Waals surface area contributed by atoms with Gasteiger partial charge >= 0.3 is 0 Å². The molecule has 7 nitrogen and oxygen atoms in total. The number of hydrogen-bond acceptors (Lipinski definition) is 6. The average molecular weight is 330 g/mol. The molecule has 1 rings (SSSR count). The smallest absolute Gasteiger partial charge is 0.286 e. The maximum absolute atomic E-state index is 13.3. The van der Waals surface area contributed by atoms with Gasteiger partial charge in [0.1, 0.15) is 17.4 Å². The molecule has 22 heavy (non-hydrogen) atoms. The Kier molecular flexibility index (Phi) is 6.33. The van der Waals surface area contributed by atoms with Crippen molar-refractivity contribution in [3.8, 4) is 6.07 Å². The first-order valence-corrected chi connectivity index (χ1v) is 6.36. The third-order valence-electron chi connectivity index (χ3n) is 2.18. The quantitative estimate of drug-likeness (QED) is 0.283. The predicted octanol–water partition coefficient (Wildman–Crippen LogP) is 2.76. The van der Waals surface area contributed by atoms with Crippen LogP contribution in [0.15, 0.2) is 28.5 Å². The standard InChI is InChI=1S/C11H9F3N6OS/c12-6-1-2-7(8(5-6)20(19-21)4-3-15)18-11(17)22-10(16)9(13)14/h1-2,5,9,16H,4H2,(H2,17,18). The highest BCUT2D eigenvalue weighted by molar-refractivity contribution is 8.26. The molecular weight excluding hydrogens is 321 g/mol. The Morgan fingerprint density at radius 3 is 2.77 bits per heavy atom. The van der Waals surface area contributed by atoms with E-state index in [-0.39, 0.29) is 23.1 Å². The van der Waals surface area contributed by atoms with Crippen LogP contribution in [0, 0.1) is 27.5 Å². The Bertz CT molecular complexity index is 645. The number of hydrogen-bond donors (Lipinski definition) is 2. The Hall–Kier alpha value is -2.61. The summed E-state index contributed by atoms with van der Waals surface area (Å²) in [5.74, 6) is -0.716. The number of anilines is 1. The lowest BCUT2D eigenvalue weighted by Gasteiger charge is -2.14. The Morgan fingerprint density at radius 1 is 1.55 bits per heavy atom. The lowest BCUT2D eigenvalue weighted by atomic mass is 10.2. The first kappa shape index (κ1) is 17.4. The number of nitrogens with two attached hydrogens (primary N) is 1. The van der Waals surface area contributed by atoms with E-state index in [1.54, 1.807) is 6.07 Å². The van der Waals surface area contributed by atoms with E-state index in [1.165, 1.54) is 0 Å². The van der Waals surface area contributed by atoms with E-state index in [4.69, 9.17) is 16.4 Å². The third kappa shape index (κ3) is 4.74. The Morgan fingerprint density at radius 2 is 2.23 bits per heavy atom. The summed E-state index contributed by atoms with van der Waals surface area (Å²) in [5, 5.41) is 17.4. The van der Waals surface area contributed by atoms with Crippen molar-refractivity contribution in [2.45, 2.75) is 6.43 Å². The largest absolute Gasteiger partial charge is 0.378 e. The highest BCUT2D eigenvalue weighted by atomic mass is 32.2. The van der Waals surface area contributed by atoms with Crippen LogP contribution in [0.1, 0.15) is 0 Å². The van der Waals surface area contributed by atoms with Gasteiger partial charge in [0.05, 0.1) is 22.7 Å². The molecule has 0 atom stereocenters. The van der Waals surface area contributed by atoms with Crippen LogP contribution >= 0.6 is 11.8 Å². The zero-order valence-electron chi connectivity index (χ0n) is 10.8. The molecule has 0 heterocycles. The molecule has 0 saturated heterocycles. The second-order valence-corrected chi connectivity index (χ2v) is 4.71. The van der Waals surface area contributed by atoms with Crippen LogP contribution in [0.4, 0.5) is 24.5 Å². The number of aliphatic imine (C=N–C) groups is 1. The fourth-order valence-electron chi connectivity index (χ4n) is 1.32. The minimum atomic E-state index is -3.00. The number of nitrogens with zero attached hydrogens (tertiary/aromatic N) is 4. The second-order valence-electron chi connectivity index (χ2n) is 3.65. The van der Waals surface area contributed by atoms with Crippen molar-refractivity contribution in [2.24, 2.45) is 16.0 Å². The molecule has 1 aromatic carbocycles. The van der Waals surface area contributed by atoms with E-state index in [1.807, 2.05) is 0 Å². The average Bonchev–Trinajstić information content (AvgIpc) is 2.46. The second kappa shape index (κ2) is 7.99. The molecule has 0 aliphatic rings. The van der Waals surface area contributed by atoms with E-state index >= 15 is 0 Å². The first-order chi connectivity index (χ1) is 10.4. The molecule has 0 aliphatic carbocycles. The number of nitrogens with one attached hydrogen (secondary N) is 1. The van der Waals surface area contributed by atoms with Crippen molar-refractivity contribution in [3.63, 3.8) is 0 Å². The van der Waals surface area contributed by atoms with Crippen LogP contribution < -0.4 is 10.7 Å². The number of thioether (sulfide) groups is 1. The van der Waals surface area contributed by atoms with Crippen LogP contribution in [0.3, 0.4) is 0 Å². The number of alkyl halides is 2. The monoisotopic (exact) mass is 330 g/mol. The number of benzene rings is 1. The van der Waals surface area contributed by atoms with Gasteiger partial charge in [-0.15, -0.1) is 4.91 Å².